The summed E-state index contributed by atoms with van der Waals surface area (Å²) in [7, 11) is 0. The molecule has 3 aromatic rings. The third kappa shape index (κ3) is 2.85. The van der Waals surface area contributed by atoms with Gasteiger partial charge in [-0.05, 0) is 49.7 Å². The summed E-state index contributed by atoms with van der Waals surface area (Å²) in [5, 5.41) is 11.0. The van der Waals surface area contributed by atoms with E-state index in [9.17, 15) is 4.79 Å². The standard InChI is InChI=1S/C15H14N4OS/c1-10-9-14(21-11(10)2)15(20)18-12-3-5-13(6-4-12)19-16-7-8-17-19/h3-9H,1-2H3,(H,18,20). The van der Waals surface area contributed by atoms with E-state index in [0.717, 1.165) is 21.8 Å². The molecule has 1 N–H and O–H groups in total. The van der Waals surface area contributed by atoms with Crippen LogP contribution in [0.3, 0.4) is 0 Å². The number of benzene rings is 1. The molecule has 2 aromatic heterocycles. The van der Waals surface area contributed by atoms with Crippen LogP contribution >= 0.6 is 11.3 Å². The summed E-state index contributed by atoms with van der Waals surface area (Å²) in [6.07, 6.45) is 3.24. The molecule has 1 aromatic carbocycles. The van der Waals surface area contributed by atoms with Crippen LogP contribution in [0.25, 0.3) is 5.69 Å². The summed E-state index contributed by atoms with van der Waals surface area (Å²) >= 11 is 1.51. The van der Waals surface area contributed by atoms with Gasteiger partial charge < -0.3 is 5.32 Å². The van der Waals surface area contributed by atoms with Crippen LogP contribution in [0.2, 0.25) is 0 Å². The maximum absolute atomic E-state index is 12.2. The average molecular weight is 298 g/mol. The molecule has 0 saturated heterocycles. The van der Waals surface area contributed by atoms with Gasteiger partial charge in [-0.15, -0.1) is 11.3 Å². The van der Waals surface area contributed by atoms with E-state index in [2.05, 4.69) is 15.5 Å². The topological polar surface area (TPSA) is 59.8 Å². The van der Waals surface area contributed by atoms with Crippen molar-refractivity contribution in [3.63, 3.8) is 0 Å². The summed E-state index contributed by atoms with van der Waals surface area (Å²) in [6.45, 7) is 4.02. The van der Waals surface area contributed by atoms with Gasteiger partial charge in [0.05, 0.1) is 23.0 Å². The molecular weight excluding hydrogens is 284 g/mol. The van der Waals surface area contributed by atoms with E-state index in [1.165, 1.54) is 21.0 Å². The maximum atomic E-state index is 12.2. The predicted octanol–water partition coefficient (Wildman–Crippen LogP) is 3.20. The van der Waals surface area contributed by atoms with Crippen LogP contribution in [0.5, 0.6) is 0 Å². The molecule has 0 bridgehead atoms. The maximum Gasteiger partial charge on any atom is 0.265 e. The first kappa shape index (κ1) is 13.5. The number of aromatic nitrogens is 3. The van der Waals surface area contributed by atoms with Crippen LogP contribution in [0.4, 0.5) is 5.69 Å². The summed E-state index contributed by atoms with van der Waals surface area (Å²) in [6, 6.07) is 9.31. The van der Waals surface area contributed by atoms with Gasteiger partial charge in [0.1, 0.15) is 0 Å². The first-order valence-electron chi connectivity index (χ1n) is 6.48. The first-order valence-corrected chi connectivity index (χ1v) is 7.30. The van der Waals surface area contributed by atoms with Crippen LogP contribution in [-0.4, -0.2) is 20.9 Å². The lowest BCUT2D eigenvalue weighted by atomic mass is 10.2. The molecule has 0 atom stereocenters. The minimum atomic E-state index is -0.0823. The molecular formula is C15H14N4OS. The molecule has 0 saturated carbocycles. The SMILES string of the molecule is Cc1cc(C(=O)Nc2ccc(-n3nccn3)cc2)sc1C. The Hall–Kier alpha value is -2.47. The molecule has 0 spiro atoms. The number of aryl methyl sites for hydroxylation is 2. The van der Waals surface area contributed by atoms with Gasteiger partial charge in [-0.2, -0.15) is 15.0 Å². The third-order valence-corrected chi connectivity index (χ3v) is 4.32. The van der Waals surface area contributed by atoms with E-state index in [4.69, 9.17) is 0 Å². The zero-order valence-corrected chi connectivity index (χ0v) is 12.5. The molecule has 0 aliphatic carbocycles. The highest BCUT2D eigenvalue weighted by atomic mass is 32.1. The van der Waals surface area contributed by atoms with Gasteiger partial charge in [-0.3, -0.25) is 4.79 Å². The number of thiophene rings is 1. The van der Waals surface area contributed by atoms with E-state index in [1.54, 1.807) is 12.4 Å². The quantitative estimate of drug-likeness (QED) is 0.807. The molecule has 0 fully saturated rings. The number of hydrogen-bond donors (Lipinski definition) is 1. The van der Waals surface area contributed by atoms with E-state index in [0.29, 0.717) is 0 Å². The Morgan fingerprint density at radius 1 is 1.14 bits per heavy atom. The molecule has 6 heteroatoms. The second kappa shape index (κ2) is 5.49. The van der Waals surface area contributed by atoms with Crippen LogP contribution in [0.1, 0.15) is 20.1 Å². The number of rotatable bonds is 3. The predicted molar refractivity (Wildman–Crippen MR) is 83.1 cm³/mol. The van der Waals surface area contributed by atoms with E-state index in [-0.39, 0.29) is 5.91 Å². The normalized spacial score (nSPS) is 10.6. The van der Waals surface area contributed by atoms with E-state index >= 15 is 0 Å². The lowest BCUT2D eigenvalue weighted by Crippen LogP contribution is -2.10. The fourth-order valence-electron chi connectivity index (χ4n) is 1.90. The summed E-state index contributed by atoms with van der Waals surface area (Å²) in [5.41, 5.74) is 2.74. The fourth-order valence-corrected chi connectivity index (χ4v) is 2.83. The molecule has 0 aliphatic rings. The van der Waals surface area contributed by atoms with Gasteiger partial charge in [-0.1, -0.05) is 0 Å². The number of carbonyl (C=O) groups excluding carboxylic acids is 1. The van der Waals surface area contributed by atoms with Crippen LogP contribution < -0.4 is 5.32 Å². The van der Waals surface area contributed by atoms with Crippen LogP contribution in [0, 0.1) is 13.8 Å². The van der Waals surface area contributed by atoms with Crippen molar-refractivity contribution in [1.29, 1.82) is 0 Å². The highest BCUT2D eigenvalue weighted by Crippen LogP contribution is 2.22. The average Bonchev–Trinajstić information content (AvgIpc) is 3.11. The minimum Gasteiger partial charge on any atom is -0.321 e. The van der Waals surface area contributed by atoms with Gasteiger partial charge in [0.15, 0.2) is 0 Å². The van der Waals surface area contributed by atoms with Gasteiger partial charge in [0.25, 0.3) is 5.91 Å². The van der Waals surface area contributed by atoms with E-state index < -0.39 is 0 Å². The van der Waals surface area contributed by atoms with Gasteiger partial charge in [-0.25, -0.2) is 0 Å². The summed E-state index contributed by atoms with van der Waals surface area (Å²) < 4.78 is 0. The lowest BCUT2D eigenvalue weighted by Gasteiger charge is -2.05. The Balaban J connectivity index is 1.74. The largest absolute Gasteiger partial charge is 0.321 e. The first-order chi connectivity index (χ1) is 10.1. The Labute approximate surface area is 126 Å². The summed E-state index contributed by atoms with van der Waals surface area (Å²) in [5.74, 6) is -0.0823. The molecule has 106 valence electrons. The monoisotopic (exact) mass is 298 g/mol. The molecule has 0 aliphatic heterocycles. The number of carbonyl (C=O) groups is 1. The van der Waals surface area contributed by atoms with Crippen molar-refractivity contribution >= 4 is 22.9 Å². The Morgan fingerprint density at radius 2 is 1.81 bits per heavy atom. The van der Waals surface area contributed by atoms with Gasteiger partial charge in [0.2, 0.25) is 0 Å². The molecule has 1 amide bonds. The molecule has 0 radical (unpaired) electrons. The minimum absolute atomic E-state index is 0.0823. The van der Waals surface area contributed by atoms with E-state index in [1.807, 2.05) is 44.2 Å². The van der Waals surface area contributed by atoms with Gasteiger partial charge in [0, 0.05) is 10.6 Å². The number of hydrogen-bond acceptors (Lipinski definition) is 4. The van der Waals surface area contributed by atoms with Crippen molar-refractivity contribution in [2.75, 3.05) is 5.32 Å². The zero-order valence-electron chi connectivity index (χ0n) is 11.7. The molecule has 21 heavy (non-hydrogen) atoms. The van der Waals surface area contributed by atoms with Crippen molar-refractivity contribution in [3.8, 4) is 5.69 Å². The van der Waals surface area contributed by atoms with Crippen molar-refractivity contribution in [1.82, 2.24) is 15.0 Å². The Kier molecular flexibility index (Phi) is 3.53. The lowest BCUT2D eigenvalue weighted by molar-refractivity contribution is 0.103. The summed E-state index contributed by atoms with van der Waals surface area (Å²) in [4.78, 5) is 15.6. The van der Waals surface area contributed by atoms with Crippen molar-refractivity contribution < 1.29 is 4.79 Å². The number of nitrogens with zero attached hydrogens (tertiary/aromatic N) is 3. The number of amides is 1. The van der Waals surface area contributed by atoms with Gasteiger partial charge >= 0.3 is 0 Å². The van der Waals surface area contributed by atoms with Crippen molar-refractivity contribution in [2.45, 2.75) is 13.8 Å². The smallest absolute Gasteiger partial charge is 0.265 e. The van der Waals surface area contributed by atoms with Crippen LogP contribution in [-0.2, 0) is 0 Å². The second-order valence-corrected chi connectivity index (χ2v) is 5.93. The Morgan fingerprint density at radius 3 is 2.38 bits per heavy atom. The third-order valence-electron chi connectivity index (χ3n) is 3.16. The number of anilines is 1. The molecule has 0 unspecified atom stereocenters. The van der Waals surface area contributed by atoms with Crippen molar-refractivity contribution in [3.05, 3.63) is 58.0 Å². The van der Waals surface area contributed by atoms with Crippen molar-refractivity contribution in [2.24, 2.45) is 0 Å². The highest BCUT2D eigenvalue weighted by Gasteiger charge is 2.10. The molecule has 3 rings (SSSR count). The Bertz CT molecular complexity index is 740. The highest BCUT2D eigenvalue weighted by molar-refractivity contribution is 7.14. The van der Waals surface area contributed by atoms with Crippen LogP contribution in [0.15, 0.2) is 42.7 Å². The number of nitrogens with one attached hydrogen (secondary N) is 1. The molecule has 2 heterocycles. The zero-order chi connectivity index (χ0) is 14.8. The molecule has 5 nitrogen and oxygen atoms in total. The second-order valence-electron chi connectivity index (χ2n) is 4.67. The fraction of sp³-hybridized carbons (Fsp3) is 0.133.